The molecule has 12 heavy (non-hydrogen) atoms. The van der Waals surface area contributed by atoms with Crippen molar-refractivity contribution >= 4 is 0 Å². The minimum Gasteiger partial charge on any atom is -0.289 e. The van der Waals surface area contributed by atoms with Crippen molar-refractivity contribution in [3.8, 4) is 5.82 Å². The molecule has 0 atom stereocenters. The van der Waals surface area contributed by atoms with E-state index in [1.54, 1.807) is 29.4 Å². The molecular weight excluding hydrogens is 156 g/mol. The zero-order valence-corrected chi connectivity index (χ0v) is 6.14. The molecule has 2 aromatic heterocycles. The zero-order chi connectivity index (χ0) is 8.39. The lowest BCUT2D eigenvalue weighted by molar-refractivity contribution is 0.893. The Morgan fingerprint density at radius 1 is 1.42 bits per heavy atom. The normalized spacial score (nSPS) is 10.0. The lowest BCUT2D eigenvalue weighted by Crippen LogP contribution is -2.08. The second kappa shape index (κ2) is 2.61. The number of hydrogen-bond acceptors (Lipinski definition) is 3. The van der Waals surface area contributed by atoms with Crippen LogP contribution < -0.4 is 5.56 Å². The molecule has 5 heteroatoms. The third-order valence-corrected chi connectivity index (χ3v) is 1.43. The number of nitrogens with one attached hydrogen (secondary N) is 1. The highest BCUT2D eigenvalue weighted by atomic mass is 16.1. The molecule has 5 nitrogen and oxygen atoms in total. The second-order valence-corrected chi connectivity index (χ2v) is 2.25. The molecule has 0 radical (unpaired) electrons. The van der Waals surface area contributed by atoms with Gasteiger partial charge in [0.2, 0.25) is 0 Å². The van der Waals surface area contributed by atoms with Gasteiger partial charge in [-0.2, -0.15) is 5.10 Å². The molecule has 1 N–H and O–H groups in total. The van der Waals surface area contributed by atoms with Crippen LogP contribution in [0.4, 0.5) is 0 Å². The lowest BCUT2D eigenvalue weighted by Gasteiger charge is -1.96. The van der Waals surface area contributed by atoms with Crippen molar-refractivity contribution in [2.75, 3.05) is 0 Å². The number of nitrogens with zero attached hydrogens (tertiary/aromatic N) is 3. The van der Waals surface area contributed by atoms with Crippen molar-refractivity contribution in [3.63, 3.8) is 0 Å². The average Bonchev–Trinajstić information content (AvgIpc) is 2.58. The van der Waals surface area contributed by atoms with E-state index < -0.39 is 0 Å². The number of aromatic amines is 1. The third kappa shape index (κ3) is 1.12. The van der Waals surface area contributed by atoms with Gasteiger partial charge in [-0.25, -0.2) is 10.1 Å². The fourth-order valence-corrected chi connectivity index (χ4v) is 0.876. The minimum atomic E-state index is -0.209. The van der Waals surface area contributed by atoms with Gasteiger partial charge in [0.05, 0.1) is 0 Å². The van der Waals surface area contributed by atoms with Crippen LogP contribution >= 0.6 is 0 Å². The standard InChI is InChI=1S/C7H6N4O/c12-7-2-1-6(9-10-7)11-4-3-8-5-11/h1-5H,(H,10,12). The highest BCUT2D eigenvalue weighted by Crippen LogP contribution is 1.97. The Labute approximate surface area is 67.7 Å². The SMILES string of the molecule is O=c1ccc(-n2ccnc2)n[nH]1. The quantitative estimate of drug-likeness (QED) is 0.639. The van der Waals surface area contributed by atoms with Gasteiger partial charge in [-0.05, 0) is 6.07 Å². The van der Waals surface area contributed by atoms with Gasteiger partial charge in [-0.1, -0.05) is 0 Å². The summed E-state index contributed by atoms with van der Waals surface area (Å²) in [5.41, 5.74) is -0.209. The first-order valence-electron chi connectivity index (χ1n) is 3.40. The van der Waals surface area contributed by atoms with E-state index in [0.717, 1.165) is 0 Å². The number of aromatic nitrogens is 4. The van der Waals surface area contributed by atoms with Crippen LogP contribution in [0.15, 0.2) is 35.6 Å². The molecule has 0 aliphatic carbocycles. The molecule has 0 bridgehead atoms. The molecule has 60 valence electrons. The summed E-state index contributed by atoms with van der Waals surface area (Å²) < 4.78 is 1.70. The van der Waals surface area contributed by atoms with Crippen molar-refractivity contribution in [3.05, 3.63) is 41.2 Å². The molecule has 0 unspecified atom stereocenters. The van der Waals surface area contributed by atoms with Crippen molar-refractivity contribution in [1.29, 1.82) is 0 Å². The summed E-state index contributed by atoms with van der Waals surface area (Å²) >= 11 is 0. The maximum atomic E-state index is 10.6. The van der Waals surface area contributed by atoms with E-state index >= 15 is 0 Å². The van der Waals surface area contributed by atoms with E-state index in [0.29, 0.717) is 5.82 Å². The molecular formula is C7H6N4O. The van der Waals surface area contributed by atoms with Crippen molar-refractivity contribution in [2.45, 2.75) is 0 Å². The van der Waals surface area contributed by atoms with Crippen molar-refractivity contribution in [1.82, 2.24) is 19.7 Å². The van der Waals surface area contributed by atoms with Gasteiger partial charge in [0.25, 0.3) is 5.56 Å². The topological polar surface area (TPSA) is 63.6 Å². The summed E-state index contributed by atoms with van der Waals surface area (Å²) in [6.45, 7) is 0. The molecule has 0 aromatic carbocycles. The largest absolute Gasteiger partial charge is 0.289 e. The summed E-state index contributed by atoms with van der Waals surface area (Å²) in [6, 6.07) is 3.04. The Morgan fingerprint density at radius 3 is 2.92 bits per heavy atom. The van der Waals surface area contributed by atoms with Gasteiger partial charge >= 0.3 is 0 Å². The fraction of sp³-hybridized carbons (Fsp3) is 0. The number of hydrogen-bond donors (Lipinski definition) is 1. The first-order valence-corrected chi connectivity index (χ1v) is 3.40. The smallest absolute Gasteiger partial charge is 0.264 e. The Hall–Kier alpha value is -1.91. The second-order valence-electron chi connectivity index (χ2n) is 2.25. The third-order valence-electron chi connectivity index (χ3n) is 1.43. The Kier molecular flexibility index (Phi) is 1.48. The van der Waals surface area contributed by atoms with E-state index in [9.17, 15) is 4.79 Å². The molecule has 0 aliphatic rings. The first-order chi connectivity index (χ1) is 5.86. The lowest BCUT2D eigenvalue weighted by atomic mass is 10.5. The van der Waals surface area contributed by atoms with E-state index in [2.05, 4.69) is 15.2 Å². The van der Waals surface area contributed by atoms with Crippen LogP contribution in [0, 0.1) is 0 Å². The molecule has 2 rings (SSSR count). The van der Waals surface area contributed by atoms with E-state index in [-0.39, 0.29) is 5.56 Å². The van der Waals surface area contributed by atoms with Crippen LogP contribution in [0.25, 0.3) is 5.82 Å². The van der Waals surface area contributed by atoms with Crippen molar-refractivity contribution in [2.24, 2.45) is 0 Å². The fourth-order valence-electron chi connectivity index (χ4n) is 0.876. The number of rotatable bonds is 1. The van der Waals surface area contributed by atoms with Crippen LogP contribution in [0.1, 0.15) is 0 Å². The molecule has 0 fully saturated rings. The maximum absolute atomic E-state index is 10.6. The monoisotopic (exact) mass is 162 g/mol. The average molecular weight is 162 g/mol. The van der Waals surface area contributed by atoms with Crippen LogP contribution in [-0.2, 0) is 0 Å². The summed E-state index contributed by atoms with van der Waals surface area (Å²) in [4.78, 5) is 14.5. The minimum absolute atomic E-state index is 0.209. The van der Waals surface area contributed by atoms with Gasteiger partial charge in [0, 0.05) is 18.5 Å². The predicted molar refractivity (Wildman–Crippen MR) is 42.0 cm³/mol. The predicted octanol–water partition coefficient (Wildman–Crippen LogP) is -0.0444. The summed E-state index contributed by atoms with van der Waals surface area (Å²) in [5.74, 6) is 0.645. The molecule has 0 aliphatic heterocycles. The van der Waals surface area contributed by atoms with Gasteiger partial charge in [-0.15, -0.1) is 0 Å². The Bertz CT molecular complexity index is 397. The van der Waals surface area contributed by atoms with Crippen LogP contribution in [-0.4, -0.2) is 19.7 Å². The highest BCUT2D eigenvalue weighted by Gasteiger charge is 1.94. The number of imidazole rings is 1. The van der Waals surface area contributed by atoms with E-state index in [4.69, 9.17) is 0 Å². The van der Waals surface area contributed by atoms with Gasteiger partial charge in [0.1, 0.15) is 6.33 Å². The van der Waals surface area contributed by atoms with Gasteiger partial charge < -0.3 is 0 Å². The summed E-state index contributed by atoms with van der Waals surface area (Å²) in [5, 5.41) is 6.14. The molecule has 0 amide bonds. The first kappa shape index (κ1) is 6.78. The van der Waals surface area contributed by atoms with Gasteiger partial charge in [0.15, 0.2) is 5.82 Å². The van der Waals surface area contributed by atoms with Crippen LogP contribution in [0.3, 0.4) is 0 Å². The Morgan fingerprint density at radius 2 is 2.33 bits per heavy atom. The van der Waals surface area contributed by atoms with E-state index in [1.165, 1.54) is 6.07 Å². The molecule has 2 heterocycles. The zero-order valence-electron chi connectivity index (χ0n) is 6.14. The molecule has 0 saturated carbocycles. The molecule has 0 spiro atoms. The van der Waals surface area contributed by atoms with Gasteiger partial charge in [-0.3, -0.25) is 9.36 Å². The maximum Gasteiger partial charge on any atom is 0.264 e. The van der Waals surface area contributed by atoms with Crippen molar-refractivity contribution < 1.29 is 0 Å². The van der Waals surface area contributed by atoms with E-state index in [1.807, 2.05) is 0 Å². The Balaban J connectivity index is 2.49. The van der Waals surface area contributed by atoms with Crippen LogP contribution in [0.5, 0.6) is 0 Å². The molecule has 2 aromatic rings. The summed E-state index contributed by atoms with van der Waals surface area (Å²) in [6.07, 6.45) is 5.01. The van der Waals surface area contributed by atoms with Crippen LogP contribution in [0.2, 0.25) is 0 Å². The molecule has 0 saturated heterocycles. The number of H-pyrrole nitrogens is 1. The summed E-state index contributed by atoms with van der Waals surface area (Å²) in [7, 11) is 0. The highest BCUT2D eigenvalue weighted by molar-refractivity contribution is 5.18.